The molecule has 0 radical (unpaired) electrons. The molecular formula is C11H16ClNO. The van der Waals surface area contributed by atoms with Crippen LogP contribution in [0.3, 0.4) is 0 Å². The van der Waals surface area contributed by atoms with E-state index in [1.54, 1.807) is 7.11 Å². The summed E-state index contributed by atoms with van der Waals surface area (Å²) in [7, 11) is 3.59. The summed E-state index contributed by atoms with van der Waals surface area (Å²) in [6.07, 6.45) is 2.01. The molecule has 0 aliphatic heterocycles. The number of benzene rings is 1. The maximum atomic E-state index is 5.66. The van der Waals surface area contributed by atoms with E-state index in [9.17, 15) is 0 Å². The van der Waals surface area contributed by atoms with Gasteiger partial charge in [-0.3, -0.25) is 0 Å². The topological polar surface area (TPSA) is 21.3 Å². The summed E-state index contributed by atoms with van der Waals surface area (Å²) in [5.74, 6) is 1.58. The maximum absolute atomic E-state index is 5.66. The van der Waals surface area contributed by atoms with Gasteiger partial charge in [0.15, 0.2) is 0 Å². The van der Waals surface area contributed by atoms with Gasteiger partial charge in [0.05, 0.1) is 7.11 Å². The van der Waals surface area contributed by atoms with Gasteiger partial charge in [-0.1, -0.05) is 6.07 Å². The Morgan fingerprint density at radius 1 is 1.43 bits per heavy atom. The third-order valence-corrected chi connectivity index (χ3v) is 2.43. The van der Waals surface area contributed by atoms with E-state index in [1.165, 1.54) is 5.56 Å². The Balaban J connectivity index is 2.82. The molecule has 0 aliphatic rings. The van der Waals surface area contributed by atoms with Gasteiger partial charge in [0.25, 0.3) is 0 Å². The molecule has 78 valence electrons. The highest BCUT2D eigenvalue weighted by atomic mass is 35.5. The normalized spacial score (nSPS) is 9.93. The van der Waals surface area contributed by atoms with Crippen molar-refractivity contribution in [3.63, 3.8) is 0 Å². The molecule has 1 N–H and O–H groups in total. The Bertz CT molecular complexity index is 289. The number of rotatable bonds is 5. The first-order valence-electron chi connectivity index (χ1n) is 4.72. The molecule has 0 unspecified atom stereocenters. The lowest BCUT2D eigenvalue weighted by molar-refractivity contribution is 0.415. The number of methoxy groups -OCH3 is 1. The average molecular weight is 214 g/mol. The lowest BCUT2D eigenvalue weighted by Crippen LogP contribution is -1.97. The monoisotopic (exact) mass is 213 g/mol. The number of anilines is 1. The smallest absolute Gasteiger partial charge is 0.120 e. The Morgan fingerprint density at radius 3 is 2.79 bits per heavy atom. The van der Waals surface area contributed by atoms with Crippen LogP contribution in [0.1, 0.15) is 12.0 Å². The van der Waals surface area contributed by atoms with Gasteiger partial charge < -0.3 is 10.1 Å². The minimum atomic E-state index is 0.704. The van der Waals surface area contributed by atoms with Crippen LogP contribution < -0.4 is 10.1 Å². The van der Waals surface area contributed by atoms with E-state index in [-0.39, 0.29) is 0 Å². The Hall–Kier alpha value is -0.890. The van der Waals surface area contributed by atoms with Crippen LogP contribution in [-0.4, -0.2) is 20.0 Å². The first-order valence-corrected chi connectivity index (χ1v) is 5.26. The molecule has 0 amide bonds. The van der Waals surface area contributed by atoms with Crippen LogP contribution in [0.25, 0.3) is 0 Å². The number of alkyl halides is 1. The number of ether oxygens (including phenoxy) is 1. The zero-order valence-corrected chi connectivity index (χ0v) is 9.40. The highest BCUT2D eigenvalue weighted by molar-refractivity contribution is 6.17. The van der Waals surface area contributed by atoms with Gasteiger partial charge in [-0.15, -0.1) is 11.6 Å². The molecule has 0 heterocycles. The molecule has 0 saturated heterocycles. The summed E-state index contributed by atoms with van der Waals surface area (Å²) >= 11 is 5.66. The van der Waals surface area contributed by atoms with E-state index in [4.69, 9.17) is 16.3 Å². The van der Waals surface area contributed by atoms with Gasteiger partial charge in [0.1, 0.15) is 5.75 Å². The lowest BCUT2D eigenvalue weighted by atomic mass is 10.1. The maximum Gasteiger partial charge on any atom is 0.120 e. The van der Waals surface area contributed by atoms with E-state index in [0.717, 1.165) is 24.3 Å². The summed E-state index contributed by atoms with van der Waals surface area (Å²) < 4.78 is 5.15. The van der Waals surface area contributed by atoms with E-state index < -0.39 is 0 Å². The van der Waals surface area contributed by atoms with E-state index >= 15 is 0 Å². The molecule has 0 aromatic heterocycles. The van der Waals surface area contributed by atoms with Gasteiger partial charge >= 0.3 is 0 Å². The fourth-order valence-electron chi connectivity index (χ4n) is 1.39. The molecule has 0 atom stereocenters. The van der Waals surface area contributed by atoms with Crippen LogP contribution in [0.2, 0.25) is 0 Å². The second-order valence-electron chi connectivity index (χ2n) is 3.07. The Morgan fingerprint density at radius 2 is 2.21 bits per heavy atom. The van der Waals surface area contributed by atoms with Crippen molar-refractivity contribution in [1.29, 1.82) is 0 Å². The summed E-state index contributed by atoms with van der Waals surface area (Å²) in [4.78, 5) is 0. The fourth-order valence-corrected chi connectivity index (χ4v) is 1.52. The fraction of sp³-hybridized carbons (Fsp3) is 0.455. The summed E-state index contributed by atoms with van der Waals surface area (Å²) in [6, 6.07) is 6.06. The second-order valence-corrected chi connectivity index (χ2v) is 3.44. The van der Waals surface area contributed by atoms with E-state index in [2.05, 4.69) is 11.4 Å². The number of hydrogen-bond acceptors (Lipinski definition) is 2. The largest absolute Gasteiger partial charge is 0.497 e. The van der Waals surface area contributed by atoms with Crippen molar-refractivity contribution in [3.05, 3.63) is 23.8 Å². The zero-order chi connectivity index (χ0) is 10.4. The second kappa shape index (κ2) is 5.76. The summed E-state index contributed by atoms with van der Waals surface area (Å²) in [6.45, 7) is 0. The first kappa shape index (κ1) is 11.2. The van der Waals surface area contributed by atoms with Crippen molar-refractivity contribution < 1.29 is 4.74 Å². The lowest BCUT2D eigenvalue weighted by Gasteiger charge is -2.10. The van der Waals surface area contributed by atoms with Crippen LogP contribution in [0.15, 0.2) is 18.2 Å². The number of hydrogen-bond donors (Lipinski definition) is 1. The van der Waals surface area contributed by atoms with Crippen LogP contribution in [0.4, 0.5) is 5.69 Å². The van der Waals surface area contributed by atoms with Crippen molar-refractivity contribution in [2.45, 2.75) is 12.8 Å². The van der Waals surface area contributed by atoms with Gasteiger partial charge in [-0.25, -0.2) is 0 Å². The molecule has 0 fully saturated rings. The molecule has 1 rings (SSSR count). The standard InChI is InChI=1S/C11H16ClNO/c1-13-11-8-10(14-2)6-5-9(11)4-3-7-12/h5-6,8,13H,3-4,7H2,1-2H3. The minimum Gasteiger partial charge on any atom is -0.497 e. The zero-order valence-electron chi connectivity index (χ0n) is 8.64. The third kappa shape index (κ3) is 2.81. The molecule has 1 aromatic carbocycles. The van der Waals surface area contributed by atoms with Crippen LogP contribution in [0, 0.1) is 0 Å². The SMILES string of the molecule is CNc1cc(OC)ccc1CCCCl. The van der Waals surface area contributed by atoms with Gasteiger partial charge in [0, 0.05) is 24.7 Å². The third-order valence-electron chi connectivity index (χ3n) is 2.17. The number of halogens is 1. The van der Waals surface area contributed by atoms with Gasteiger partial charge in [-0.2, -0.15) is 0 Å². The van der Waals surface area contributed by atoms with Crippen molar-refractivity contribution in [1.82, 2.24) is 0 Å². The predicted molar refractivity (Wildman–Crippen MR) is 61.6 cm³/mol. The summed E-state index contributed by atoms with van der Waals surface area (Å²) in [5, 5.41) is 3.16. The van der Waals surface area contributed by atoms with Crippen molar-refractivity contribution >= 4 is 17.3 Å². The molecule has 0 bridgehead atoms. The van der Waals surface area contributed by atoms with Crippen molar-refractivity contribution in [3.8, 4) is 5.75 Å². The average Bonchev–Trinajstić information content (AvgIpc) is 2.26. The molecule has 0 spiro atoms. The Kier molecular flexibility index (Phi) is 4.60. The van der Waals surface area contributed by atoms with E-state index in [0.29, 0.717) is 5.88 Å². The first-order chi connectivity index (χ1) is 6.81. The molecule has 3 heteroatoms. The highest BCUT2D eigenvalue weighted by Gasteiger charge is 2.02. The summed E-state index contributed by atoms with van der Waals surface area (Å²) in [5.41, 5.74) is 2.41. The number of nitrogens with one attached hydrogen (secondary N) is 1. The van der Waals surface area contributed by atoms with Crippen molar-refractivity contribution in [2.24, 2.45) is 0 Å². The minimum absolute atomic E-state index is 0.704. The van der Waals surface area contributed by atoms with Crippen LogP contribution >= 0.6 is 11.6 Å². The van der Waals surface area contributed by atoms with Gasteiger partial charge in [0.2, 0.25) is 0 Å². The highest BCUT2D eigenvalue weighted by Crippen LogP contribution is 2.23. The van der Waals surface area contributed by atoms with E-state index in [1.807, 2.05) is 19.2 Å². The van der Waals surface area contributed by atoms with Crippen LogP contribution in [-0.2, 0) is 6.42 Å². The van der Waals surface area contributed by atoms with Gasteiger partial charge in [-0.05, 0) is 24.5 Å². The Labute approximate surface area is 90.2 Å². The quantitative estimate of drug-likeness (QED) is 0.760. The predicted octanol–water partition coefficient (Wildman–Crippen LogP) is 2.91. The molecule has 0 aliphatic carbocycles. The van der Waals surface area contributed by atoms with Crippen molar-refractivity contribution in [2.75, 3.05) is 25.4 Å². The molecule has 1 aromatic rings. The number of aryl methyl sites for hydroxylation is 1. The van der Waals surface area contributed by atoms with Crippen LogP contribution in [0.5, 0.6) is 5.75 Å². The molecular weight excluding hydrogens is 198 g/mol. The molecule has 0 saturated carbocycles. The molecule has 14 heavy (non-hydrogen) atoms. The molecule has 2 nitrogen and oxygen atoms in total.